The van der Waals surface area contributed by atoms with Gasteiger partial charge in [0.1, 0.15) is 30.8 Å². The standard InChI is InChI=1S/C17H19ClF3N5O/c18-14-12(21)13-11(7-23-14)15(22-4-3-19)25-16(24-13)27-9-17-2-1-5-26(17)8-10(20)6-17/h7,10H,1-6,8-9H2,(H,22,24,25)/t10-,17+/m1/s1. The molecular weight excluding hydrogens is 383 g/mol. The van der Waals surface area contributed by atoms with Crippen LogP contribution in [0.25, 0.3) is 10.9 Å². The predicted molar refractivity (Wildman–Crippen MR) is 95.3 cm³/mol. The summed E-state index contributed by atoms with van der Waals surface area (Å²) in [5.74, 6) is -0.582. The van der Waals surface area contributed by atoms with Crippen LogP contribution in [0.3, 0.4) is 0 Å². The molecule has 146 valence electrons. The number of rotatable bonds is 6. The smallest absolute Gasteiger partial charge is 0.319 e. The monoisotopic (exact) mass is 401 g/mol. The summed E-state index contributed by atoms with van der Waals surface area (Å²) < 4.78 is 46.6. The molecule has 4 heterocycles. The number of nitrogens with zero attached hydrogens (tertiary/aromatic N) is 4. The van der Waals surface area contributed by atoms with Gasteiger partial charge in [0, 0.05) is 25.7 Å². The molecule has 2 saturated heterocycles. The maximum Gasteiger partial charge on any atom is 0.319 e. The van der Waals surface area contributed by atoms with Crippen LogP contribution in [0.15, 0.2) is 6.20 Å². The normalized spacial score (nSPS) is 25.1. The Balaban J connectivity index is 1.64. The highest BCUT2D eigenvalue weighted by Crippen LogP contribution is 2.40. The highest BCUT2D eigenvalue weighted by Gasteiger charge is 2.49. The summed E-state index contributed by atoms with van der Waals surface area (Å²) in [6.07, 6.45) is 2.66. The number of alkyl halides is 2. The van der Waals surface area contributed by atoms with Gasteiger partial charge in [-0.3, -0.25) is 4.90 Å². The number of ether oxygens (including phenoxy) is 1. The molecule has 2 fully saturated rings. The summed E-state index contributed by atoms with van der Waals surface area (Å²) in [4.78, 5) is 14.2. The Labute approximate surface area is 159 Å². The number of hydrogen-bond acceptors (Lipinski definition) is 6. The molecule has 0 amide bonds. The van der Waals surface area contributed by atoms with Gasteiger partial charge >= 0.3 is 6.01 Å². The third kappa shape index (κ3) is 3.38. The van der Waals surface area contributed by atoms with E-state index in [-0.39, 0.29) is 46.6 Å². The highest BCUT2D eigenvalue weighted by atomic mass is 35.5. The van der Waals surface area contributed by atoms with E-state index in [0.29, 0.717) is 13.0 Å². The van der Waals surface area contributed by atoms with Crippen molar-refractivity contribution >= 4 is 28.3 Å². The molecule has 27 heavy (non-hydrogen) atoms. The Bertz CT molecular complexity index is 857. The number of pyridine rings is 1. The van der Waals surface area contributed by atoms with Crippen LogP contribution in [0.1, 0.15) is 19.3 Å². The largest absolute Gasteiger partial charge is 0.461 e. The Morgan fingerprint density at radius 1 is 1.41 bits per heavy atom. The molecule has 0 radical (unpaired) electrons. The molecule has 0 unspecified atom stereocenters. The zero-order chi connectivity index (χ0) is 19.0. The second-order valence-electron chi connectivity index (χ2n) is 6.96. The van der Waals surface area contributed by atoms with E-state index in [1.165, 1.54) is 6.20 Å². The first-order chi connectivity index (χ1) is 13.0. The summed E-state index contributed by atoms with van der Waals surface area (Å²) in [6.45, 7) is 0.822. The minimum atomic E-state index is -0.879. The zero-order valence-corrected chi connectivity index (χ0v) is 15.3. The Kier molecular flexibility index (Phi) is 4.98. The quantitative estimate of drug-likeness (QED) is 0.750. The number of anilines is 1. The van der Waals surface area contributed by atoms with E-state index in [2.05, 4.69) is 25.2 Å². The Hall–Kier alpha value is -1.87. The summed E-state index contributed by atoms with van der Waals surface area (Å²) in [5, 5.41) is 2.74. The van der Waals surface area contributed by atoms with Gasteiger partial charge in [-0.2, -0.15) is 9.97 Å². The van der Waals surface area contributed by atoms with Gasteiger partial charge in [-0.1, -0.05) is 11.6 Å². The fourth-order valence-electron chi connectivity index (χ4n) is 4.03. The van der Waals surface area contributed by atoms with E-state index in [9.17, 15) is 13.2 Å². The van der Waals surface area contributed by atoms with E-state index in [0.717, 1.165) is 19.4 Å². The molecule has 2 atom stereocenters. The van der Waals surface area contributed by atoms with E-state index in [1.807, 2.05) is 0 Å². The van der Waals surface area contributed by atoms with Crippen molar-refractivity contribution in [3.63, 3.8) is 0 Å². The lowest BCUT2D eigenvalue weighted by atomic mass is 9.95. The molecule has 0 bridgehead atoms. The van der Waals surface area contributed by atoms with Gasteiger partial charge in [0.2, 0.25) is 0 Å². The van der Waals surface area contributed by atoms with Crippen molar-refractivity contribution in [2.75, 3.05) is 38.2 Å². The molecule has 0 aromatic carbocycles. The molecule has 6 nitrogen and oxygen atoms in total. The molecule has 2 aliphatic rings. The lowest BCUT2D eigenvalue weighted by Crippen LogP contribution is -2.43. The number of fused-ring (bicyclic) bond motifs is 2. The first-order valence-corrected chi connectivity index (χ1v) is 9.24. The average molecular weight is 402 g/mol. The number of aromatic nitrogens is 3. The molecule has 2 aromatic rings. The van der Waals surface area contributed by atoms with Crippen molar-refractivity contribution in [1.82, 2.24) is 19.9 Å². The van der Waals surface area contributed by atoms with Crippen molar-refractivity contribution in [3.05, 3.63) is 17.2 Å². The second-order valence-corrected chi connectivity index (χ2v) is 7.32. The molecule has 0 saturated carbocycles. The highest BCUT2D eigenvalue weighted by molar-refractivity contribution is 6.30. The summed E-state index contributed by atoms with van der Waals surface area (Å²) in [6, 6.07) is -0.0615. The molecule has 2 aliphatic heterocycles. The van der Waals surface area contributed by atoms with E-state index in [1.54, 1.807) is 0 Å². The SMILES string of the molecule is FCCNc1nc(OC[C@@]23CCCN2C[C@H](F)C3)nc2c(F)c(Cl)ncc12. The first kappa shape index (κ1) is 18.5. The van der Waals surface area contributed by atoms with Crippen LogP contribution in [0.5, 0.6) is 6.01 Å². The number of halogens is 4. The van der Waals surface area contributed by atoms with Gasteiger partial charge in [-0.15, -0.1) is 0 Å². The van der Waals surface area contributed by atoms with Crippen LogP contribution >= 0.6 is 11.6 Å². The van der Waals surface area contributed by atoms with Gasteiger partial charge in [0.05, 0.1) is 10.9 Å². The van der Waals surface area contributed by atoms with Crippen LogP contribution < -0.4 is 10.1 Å². The summed E-state index contributed by atoms with van der Waals surface area (Å²) >= 11 is 5.75. The lowest BCUT2D eigenvalue weighted by molar-refractivity contribution is 0.107. The predicted octanol–water partition coefficient (Wildman–Crippen LogP) is 3.15. The van der Waals surface area contributed by atoms with Crippen molar-refractivity contribution in [2.45, 2.75) is 31.0 Å². The first-order valence-electron chi connectivity index (χ1n) is 8.86. The number of hydrogen-bond donors (Lipinski definition) is 1. The van der Waals surface area contributed by atoms with E-state index >= 15 is 0 Å². The maximum atomic E-state index is 14.4. The van der Waals surface area contributed by atoms with Crippen LogP contribution in [0.2, 0.25) is 5.15 Å². The van der Waals surface area contributed by atoms with Crippen LogP contribution in [-0.4, -0.2) is 64.5 Å². The van der Waals surface area contributed by atoms with Crippen molar-refractivity contribution in [3.8, 4) is 6.01 Å². The molecule has 10 heteroatoms. The van der Waals surface area contributed by atoms with Gasteiger partial charge in [-0.25, -0.2) is 18.2 Å². The minimum Gasteiger partial charge on any atom is -0.461 e. The van der Waals surface area contributed by atoms with Gasteiger partial charge in [-0.05, 0) is 19.4 Å². The van der Waals surface area contributed by atoms with Crippen molar-refractivity contribution in [2.24, 2.45) is 0 Å². The van der Waals surface area contributed by atoms with Crippen molar-refractivity contribution in [1.29, 1.82) is 0 Å². The third-order valence-corrected chi connectivity index (χ3v) is 5.50. The minimum absolute atomic E-state index is 0.00293. The number of nitrogens with one attached hydrogen (secondary N) is 1. The molecular formula is C17H19ClF3N5O. The average Bonchev–Trinajstić information content (AvgIpc) is 3.17. The van der Waals surface area contributed by atoms with Gasteiger partial charge < -0.3 is 10.1 Å². The molecule has 2 aromatic heterocycles. The molecule has 0 spiro atoms. The second kappa shape index (κ2) is 7.27. The topological polar surface area (TPSA) is 63.2 Å². The van der Waals surface area contributed by atoms with Gasteiger partial charge in [0.15, 0.2) is 11.0 Å². The third-order valence-electron chi connectivity index (χ3n) is 5.24. The molecule has 0 aliphatic carbocycles. The Morgan fingerprint density at radius 3 is 3.07 bits per heavy atom. The van der Waals surface area contributed by atoms with Crippen LogP contribution in [0, 0.1) is 5.82 Å². The fourth-order valence-corrected chi connectivity index (χ4v) is 4.16. The summed E-state index contributed by atoms with van der Waals surface area (Å²) in [7, 11) is 0. The zero-order valence-electron chi connectivity index (χ0n) is 14.5. The molecule has 4 rings (SSSR count). The van der Waals surface area contributed by atoms with Crippen LogP contribution in [-0.2, 0) is 0 Å². The van der Waals surface area contributed by atoms with Crippen molar-refractivity contribution < 1.29 is 17.9 Å². The van der Waals surface area contributed by atoms with E-state index in [4.69, 9.17) is 16.3 Å². The molecule has 1 N–H and O–H groups in total. The van der Waals surface area contributed by atoms with Crippen LogP contribution in [0.4, 0.5) is 19.0 Å². The van der Waals surface area contributed by atoms with Gasteiger partial charge in [0.25, 0.3) is 0 Å². The van der Waals surface area contributed by atoms with E-state index < -0.39 is 18.7 Å². The fraction of sp³-hybridized carbons (Fsp3) is 0.588. The maximum absolute atomic E-state index is 14.4. The summed E-state index contributed by atoms with van der Waals surface area (Å²) in [5.41, 5.74) is -0.435. The lowest BCUT2D eigenvalue weighted by Gasteiger charge is -2.30. The Morgan fingerprint density at radius 2 is 2.26 bits per heavy atom.